The standard InChI is InChI=1S/C27H23BrFN3O3/c1-16-21(22-13-19(28)14-23(29)26(22)31-16)9-10-30-27(33)35-25-12-18-11-20(7-8-24(18)32-25)34-15-17-5-3-2-4-6-17/h2-8,11-14,31-32H,9-10,15H2,1H3,(H,30,33). The number of halogens is 2. The van der Waals surface area contributed by atoms with E-state index < -0.39 is 6.09 Å². The van der Waals surface area contributed by atoms with Gasteiger partial charge in [0, 0.05) is 39.1 Å². The number of nitrogens with one attached hydrogen (secondary N) is 3. The summed E-state index contributed by atoms with van der Waals surface area (Å²) in [6.07, 6.45) is -0.0343. The Labute approximate surface area is 209 Å². The van der Waals surface area contributed by atoms with E-state index in [2.05, 4.69) is 31.2 Å². The van der Waals surface area contributed by atoms with Crippen LogP contribution in [0.25, 0.3) is 21.8 Å². The number of H-pyrrole nitrogens is 2. The second-order valence-corrected chi connectivity index (χ2v) is 9.18. The van der Waals surface area contributed by atoms with E-state index in [0.717, 1.165) is 38.9 Å². The van der Waals surface area contributed by atoms with Gasteiger partial charge in [-0.15, -0.1) is 0 Å². The molecule has 0 atom stereocenters. The lowest BCUT2D eigenvalue weighted by atomic mass is 10.1. The van der Waals surface area contributed by atoms with Gasteiger partial charge < -0.3 is 24.8 Å². The summed E-state index contributed by atoms with van der Waals surface area (Å²) in [4.78, 5) is 18.5. The van der Waals surface area contributed by atoms with Crippen molar-refractivity contribution in [3.05, 3.63) is 93.8 Å². The third kappa shape index (κ3) is 5.17. The Kier molecular flexibility index (Phi) is 6.46. The molecule has 0 aliphatic rings. The Balaban J connectivity index is 1.18. The Morgan fingerprint density at radius 2 is 1.89 bits per heavy atom. The van der Waals surface area contributed by atoms with Crippen LogP contribution in [0.4, 0.5) is 9.18 Å². The van der Waals surface area contributed by atoms with Gasteiger partial charge in [0.2, 0.25) is 5.88 Å². The van der Waals surface area contributed by atoms with Crippen molar-refractivity contribution in [1.29, 1.82) is 0 Å². The molecule has 178 valence electrons. The molecule has 0 aliphatic carbocycles. The van der Waals surface area contributed by atoms with Crippen LogP contribution in [0.15, 0.2) is 71.2 Å². The highest BCUT2D eigenvalue weighted by atomic mass is 79.9. The Bertz CT molecular complexity index is 1510. The number of fused-ring (bicyclic) bond motifs is 2. The van der Waals surface area contributed by atoms with Crippen LogP contribution in [0, 0.1) is 12.7 Å². The molecule has 5 aromatic rings. The molecule has 0 saturated carbocycles. The number of rotatable bonds is 7. The summed E-state index contributed by atoms with van der Waals surface area (Å²) in [5.41, 5.74) is 4.21. The predicted octanol–water partition coefficient (Wildman–Crippen LogP) is 6.77. The Hall–Kier alpha value is -3.78. The van der Waals surface area contributed by atoms with Gasteiger partial charge in [0.05, 0.1) is 5.52 Å². The van der Waals surface area contributed by atoms with Crippen molar-refractivity contribution in [3.63, 3.8) is 0 Å². The SMILES string of the molecule is Cc1[nH]c2c(F)cc(Br)cc2c1CCNC(=O)Oc1cc2cc(OCc3ccccc3)ccc2[nH]1. The molecular formula is C27H23BrFN3O3. The number of aryl methyl sites for hydroxylation is 1. The lowest BCUT2D eigenvalue weighted by Gasteiger charge is -2.06. The summed E-state index contributed by atoms with van der Waals surface area (Å²) in [6, 6.07) is 20.7. The molecule has 8 heteroatoms. The third-order valence-electron chi connectivity index (χ3n) is 5.81. The van der Waals surface area contributed by atoms with E-state index in [0.29, 0.717) is 35.4 Å². The molecule has 5 rings (SSSR count). The topological polar surface area (TPSA) is 79.1 Å². The predicted molar refractivity (Wildman–Crippen MR) is 137 cm³/mol. The molecule has 6 nitrogen and oxygen atoms in total. The normalized spacial score (nSPS) is 11.2. The fraction of sp³-hybridized carbons (Fsp3) is 0.148. The van der Waals surface area contributed by atoms with Crippen molar-refractivity contribution in [3.8, 4) is 11.6 Å². The zero-order valence-electron chi connectivity index (χ0n) is 19.0. The lowest BCUT2D eigenvalue weighted by Crippen LogP contribution is -2.28. The minimum Gasteiger partial charge on any atom is -0.489 e. The molecule has 0 aliphatic heterocycles. The van der Waals surface area contributed by atoms with Crippen molar-refractivity contribution in [2.75, 3.05) is 6.54 Å². The molecule has 2 aromatic heterocycles. The highest BCUT2D eigenvalue weighted by molar-refractivity contribution is 9.10. The van der Waals surface area contributed by atoms with E-state index in [1.807, 2.05) is 61.5 Å². The summed E-state index contributed by atoms with van der Waals surface area (Å²) >= 11 is 3.34. The van der Waals surface area contributed by atoms with Crippen molar-refractivity contribution in [2.45, 2.75) is 20.0 Å². The van der Waals surface area contributed by atoms with Crippen LogP contribution in [0.3, 0.4) is 0 Å². The van der Waals surface area contributed by atoms with Crippen LogP contribution < -0.4 is 14.8 Å². The van der Waals surface area contributed by atoms with Gasteiger partial charge >= 0.3 is 6.09 Å². The van der Waals surface area contributed by atoms with E-state index >= 15 is 0 Å². The zero-order chi connectivity index (χ0) is 24.4. The largest absolute Gasteiger partial charge is 0.489 e. The molecule has 3 aromatic carbocycles. The minimum absolute atomic E-state index is 0.316. The molecule has 0 radical (unpaired) electrons. The number of carbonyl (C=O) groups excluding carboxylic acids is 1. The van der Waals surface area contributed by atoms with Gasteiger partial charge in [0.15, 0.2) is 0 Å². The van der Waals surface area contributed by atoms with Crippen LogP contribution in [0.2, 0.25) is 0 Å². The van der Waals surface area contributed by atoms with Crippen LogP contribution in [-0.4, -0.2) is 22.6 Å². The van der Waals surface area contributed by atoms with Crippen molar-refractivity contribution in [1.82, 2.24) is 15.3 Å². The highest BCUT2D eigenvalue weighted by Crippen LogP contribution is 2.29. The van der Waals surface area contributed by atoms with Crippen molar-refractivity contribution < 1.29 is 18.7 Å². The second-order valence-electron chi connectivity index (χ2n) is 8.26. The highest BCUT2D eigenvalue weighted by Gasteiger charge is 2.14. The number of carbonyl (C=O) groups is 1. The van der Waals surface area contributed by atoms with E-state index in [4.69, 9.17) is 9.47 Å². The minimum atomic E-state index is -0.568. The second kappa shape index (κ2) is 9.84. The Morgan fingerprint density at radius 1 is 1.06 bits per heavy atom. The number of amides is 1. The fourth-order valence-electron chi connectivity index (χ4n) is 4.12. The molecule has 3 N–H and O–H groups in total. The maximum absolute atomic E-state index is 14.2. The third-order valence-corrected chi connectivity index (χ3v) is 6.27. The van der Waals surface area contributed by atoms with Gasteiger partial charge in [0.1, 0.15) is 18.2 Å². The first-order valence-corrected chi connectivity index (χ1v) is 12.0. The maximum atomic E-state index is 14.2. The van der Waals surface area contributed by atoms with Gasteiger partial charge in [-0.3, -0.25) is 0 Å². The number of hydrogen-bond donors (Lipinski definition) is 3. The number of benzene rings is 3. The number of hydrogen-bond acceptors (Lipinski definition) is 3. The average Bonchev–Trinajstić information content (AvgIpc) is 3.38. The monoisotopic (exact) mass is 535 g/mol. The first-order chi connectivity index (χ1) is 17.0. The van der Waals surface area contributed by atoms with Crippen LogP contribution >= 0.6 is 15.9 Å². The van der Waals surface area contributed by atoms with E-state index in [1.54, 1.807) is 6.07 Å². The summed E-state index contributed by atoms with van der Waals surface area (Å²) in [5, 5.41) is 4.43. The van der Waals surface area contributed by atoms with Gasteiger partial charge in [0.25, 0.3) is 0 Å². The van der Waals surface area contributed by atoms with Crippen molar-refractivity contribution in [2.24, 2.45) is 0 Å². The Morgan fingerprint density at radius 3 is 2.71 bits per heavy atom. The smallest absolute Gasteiger partial charge is 0.413 e. The molecule has 0 saturated heterocycles. The van der Waals surface area contributed by atoms with Gasteiger partial charge in [-0.25, -0.2) is 9.18 Å². The molecule has 35 heavy (non-hydrogen) atoms. The van der Waals surface area contributed by atoms with Gasteiger partial charge in [-0.05, 0) is 54.8 Å². The number of ether oxygens (including phenoxy) is 2. The van der Waals surface area contributed by atoms with E-state index in [-0.39, 0.29) is 5.82 Å². The quantitative estimate of drug-likeness (QED) is 0.215. The molecule has 2 heterocycles. The molecular weight excluding hydrogens is 513 g/mol. The summed E-state index contributed by atoms with van der Waals surface area (Å²) in [6.45, 7) is 2.71. The molecule has 0 fully saturated rings. The molecule has 1 amide bonds. The first-order valence-electron chi connectivity index (χ1n) is 11.2. The number of aromatic amines is 2. The first kappa shape index (κ1) is 23.0. The summed E-state index contributed by atoms with van der Waals surface area (Å²) in [7, 11) is 0. The average molecular weight is 536 g/mol. The fourth-order valence-corrected chi connectivity index (χ4v) is 4.55. The van der Waals surface area contributed by atoms with E-state index in [9.17, 15) is 9.18 Å². The zero-order valence-corrected chi connectivity index (χ0v) is 20.5. The molecule has 0 bridgehead atoms. The summed E-state index contributed by atoms with van der Waals surface area (Å²) in [5.74, 6) is 0.754. The lowest BCUT2D eigenvalue weighted by molar-refractivity contribution is 0.199. The molecule has 0 unspecified atom stereocenters. The van der Waals surface area contributed by atoms with E-state index in [1.165, 1.54) is 6.07 Å². The van der Waals surface area contributed by atoms with Crippen LogP contribution in [0.5, 0.6) is 11.6 Å². The maximum Gasteiger partial charge on any atom is 0.413 e. The summed E-state index contributed by atoms with van der Waals surface area (Å²) < 4.78 is 26.2. The van der Waals surface area contributed by atoms with Crippen LogP contribution in [0.1, 0.15) is 16.8 Å². The van der Waals surface area contributed by atoms with Gasteiger partial charge in [-0.1, -0.05) is 46.3 Å². The van der Waals surface area contributed by atoms with Gasteiger partial charge in [-0.2, -0.15) is 0 Å². The van der Waals surface area contributed by atoms with Crippen molar-refractivity contribution >= 4 is 43.8 Å². The number of aromatic nitrogens is 2. The van der Waals surface area contributed by atoms with Crippen LogP contribution in [-0.2, 0) is 13.0 Å². The molecule has 0 spiro atoms.